The number of benzene rings is 1. The van der Waals surface area contributed by atoms with E-state index >= 15 is 0 Å². The van der Waals surface area contributed by atoms with Gasteiger partial charge in [0.05, 0.1) is 24.4 Å². The van der Waals surface area contributed by atoms with Crippen molar-refractivity contribution in [3.05, 3.63) is 22.7 Å². The van der Waals surface area contributed by atoms with Crippen LogP contribution in [0.4, 0.5) is 5.69 Å². The van der Waals surface area contributed by atoms with Crippen molar-refractivity contribution in [3.63, 3.8) is 0 Å². The fourth-order valence-corrected chi connectivity index (χ4v) is 2.17. The maximum Gasteiger partial charge on any atom is 0.225 e. The molecule has 1 unspecified atom stereocenters. The molecular weight excluding hydrogens is 230 g/mol. The zero-order valence-electron chi connectivity index (χ0n) is 8.79. The van der Waals surface area contributed by atoms with E-state index in [-0.39, 0.29) is 24.9 Å². The second-order valence-corrected chi connectivity index (χ2v) is 4.08. The number of anilines is 1. The molecule has 0 bridgehead atoms. The van der Waals surface area contributed by atoms with Crippen molar-refractivity contribution in [2.45, 2.75) is 12.3 Å². The standard InChI is InChI=1S/C11H12ClNO3/c1-16-8-3-2-7(12)11-10(8)6(5-14)4-9(15)13-11/h2-3,6,14H,4-5H2,1H3,(H,13,15). The third-order valence-electron chi connectivity index (χ3n) is 2.70. The fourth-order valence-electron chi connectivity index (χ4n) is 1.96. The summed E-state index contributed by atoms with van der Waals surface area (Å²) in [5.41, 5.74) is 1.33. The number of hydrogen-bond donors (Lipinski definition) is 2. The molecule has 0 saturated heterocycles. The lowest BCUT2D eigenvalue weighted by molar-refractivity contribution is -0.117. The van der Waals surface area contributed by atoms with Crippen LogP contribution in [-0.2, 0) is 4.79 Å². The molecular formula is C11H12ClNO3. The molecule has 1 amide bonds. The lowest BCUT2D eigenvalue weighted by atomic mass is 9.90. The first kappa shape index (κ1) is 11.2. The number of aliphatic hydroxyl groups is 1. The summed E-state index contributed by atoms with van der Waals surface area (Å²) in [7, 11) is 1.55. The first-order valence-electron chi connectivity index (χ1n) is 4.94. The lowest BCUT2D eigenvalue weighted by Gasteiger charge is -2.26. The van der Waals surface area contributed by atoms with Crippen LogP contribution in [0.2, 0.25) is 5.02 Å². The molecule has 2 rings (SSSR count). The lowest BCUT2D eigenvalue weighted by Crippen LogP contribution is -2.25. The van der Waals surface area contributed by atoms with Gasteiger partial charge in [0.25, 0.3) is 0 Å². The molecule has 0 aromatic heterocycles. The van der Waals surface area contributed by atoms with Gasteiger partial charge in [0.1, 0.15) is 5.75 Å². The number of fused-ring (bicyclic) bond motifs is 1. The van der Waals surface area contributed by atoms with Crippen LogP contribution >= 0.6 is 11.6 Å². The van der Waals surface area contributed by atoms with Crippen LogP contribution in [0.1, 0.15) is 17.9 Å². The third-order valence-corrected chi connectivity index (χ3v) is 3.01. The SMILES string of the molecule is COc1ccc(Cl)c2c1C(CO)CC(=O)N2. The Bertz CT molecular complexity index is 433. The molecule has 16 heavy (non-hydrogen) atoms. The summed E-state index contributed by atoms with van der Waals surface area (Å²) in [6, 6.07) is 3.40. The Morgan fingerprint density at radius 1 is 1.62 bits per heavy atom. The van der Waals surface area contributed by atoms with E-state index in [4.69, 9.17) is 16.3 Å². The molecule has 0 fully saturated rings. The van der Waals surface area contributed by atoms with Gasteiger partial charge >= 0.3 is 0 Å². The van der Waals surface area contributed by atoms with E-state index in [1.54, 1.807) is 19.2 Å². The van der Waals surface area contributed by atoms with Crippen molar-refractivity contribution >= 4 is 23.2 Å². The van der Waals surface area contributed by atoms with Crippen LogP contribution in [0.3, 0.4) is 0 Å². The van der Waals surface area contributed by atoms with Crippen LogP contribution in [0, 0.1) is 0 Å². The number of amides is 1. The molecule has 1 aliphatic rings. The van der Waals surface area contributed by atoms with Gasteiger partial charge in [-0.15, -0.1) is 0 Å². The average molecular weight is 242 g/mol. The van der Waals surface area contributed by atoms with E-state index in [1.807, 2.05) is 0 Å². The Hall–Kier alpha value is -1.26. The van der Waals surface area contributed by atoms with E-state index in [1.165, 1.54) is 0 Å². The number of ether oxygens (including phenoxy) is 1. The first-order chi connectivity index (χ1) is 7.67. The van der Waals surface area contributed by atoms with Gasteiger partial charge in [-0.2, -0.15) is 0 Å². The van der Waals surface area contributed by atoms with Gasteiger partial charge in [-0.05, 0) is 12.1 Å². The molecule has 1 aromatic carbocycles. The number of halogens is 1. The Labute approximate surface area is 98.2 Å². The summed E-state index contributed by atoms with van der Waals surface area (Å²) >= 11 is 6.01. The molecule has 1 atom stereocenters. The molecule has 0 aliphatic carbocycles. The smallest absolute Gasteiger partial charge is 0.225 e. The monoisotopic (exact) mass is 241 g/mol. The van der Waals surface area contributed by atoms with Crippen molar-refractivity contribution in [2.24, 2.45) is 0 Å². The van der Waals surface area contributed by atoms with Gasteiger partial charge in [0, 0.05) is 17.9 Å². The van der Waals surface area contributed by atoms with Crippen molar-refractivity contribution in [3.8, 4) is 5.75 Å². The first-order valence-corrected chi connectivity index (χ1v) is 5.32. The van der Waals surface area contributed by atoms with Crippen LogP contribution < -0.4 is 10.1 Å². The molecule has 0 spiro atoms. The largest absolute Gasteiger partial charge is 0.496 e. The molecule has 1 heterocycles. The summed E-state index contributed by atoms with van der Waals surface area (Å²) in [5.74, 6) is 0.248. The van der Waals surface area contributed by atoms with Crippen LogP contribution in [0.5, 0.6) is 5.75 Å². The Morgan fingerprint density at radius 2 is 2.38 bits per heavy atom. The molecule has 1 aliphatic heterocycles. The second kappa shape index (κ2) is 4.31. The quantitative estimate of drug-likeness (QED) is 0.830. The maximum absolute atomic E-state index is 11.4. The van der Waals surface area contributed by atoms with Gasteiger partial charge in [0.15, 0.2) is 0 Å². The normalized spacial score (nSPS) is 18.9. The van der Waals surface area contributed by atoms with Gasteiger partial charge in [-0.25, -0.2) is 0 Å². The zero-order chi connectivity index (χ0) is 11.7. The third kappa shape index (κ3) is 1.74. The van der Waals surface area contributed by atoms with E-state index < -0.39 is 0 Å². The highest BCUT2D eigenvalue weighted by Crippen LogP contribution is 2.42. The Morgan fingerprint density at radius 3 is 3.00 bits per heavy atom. The summed E-state index contributed by atoms with van der Waals surface area (Å²) in [4.78, 5) is 11.4. The number of carbonyl (C=O) groups excluding carboxylic acids is 1. The van der Waals surface area contributed by atoms with Crippen molar-refractivity contribution in [2.75, 3.05) is 19.0 Å². The highest BCUT2D eigenvalue weighted by Gasteiger charge is 2.29. The van der Waals surface area contributed by atoms with E-state index in [2.05, 4.69) is 5.32 Å². The average Bonchev–Trinajstić information content (AvgIpc) is 2.29. The highest BCUT2D eigenvalue weighted by atomic mass is 35.5. The number of rotatable bonds is 2. The van der Waals surface area contributed by atoms with E-state index in [0.29, 0.717) is 16.5 Å². The van der Waals surface area contributed by atoms with Gasteiger partial charge < -0.3 is 15.2 Å². The summed E-state index contributed by atoms with van der Waals surface area (Å²) in [5, 5.41) is 12.5. The molecule has 4 nitrogen and oxygen atoms in total. The molecule has 86 valence electrons. The minimum absolute atomic E-state index is 0.100. The van der Waals surface area contributed by atoms with Gasteiger partial charge in [0.2, 0.25) is 5.91 Å². The minimum Gasteiger partial charge on any atom is -0.496 e. The summed E-state index contributed by atoms with van der Waals surface area (Å²) in [6.45, 7) is -0.100. The van der Waals surface area contributed by atoms with Crippen molar-refractivity contribution in [1.29, 1.82) is 0 Å². The number of nitrogens with one attached hydrogen (secondary N) is 1. The topological polar surface area (TPSA) is 58.6 Å². The molecule has 2 N–H and O–H groups in total. The molecule has 1 aromatic rings. The molecule has 0 radical (unpaired) electrons. The zero-order valence-corrected chi connectivity index (χ0v) is 9.54. The Balaban J connectivity index is 2.59. The van der Waals surface area contributed by atoms with E-state index in [9.17, 15) is 9.90 Å². The van der Waals surface area contributed by atoms with Crippen molar-refractivity contribution < 1.29 is 14.6 Å². The van der Waals surface area contributed by atoms with Crippen LogP contribution in [-0.4, -0.2) is 24.7 Å². The number of aliphatic hydroxyl groups excluding tert-OH is 1. The van der Waals surface area contributed by atoms with E-state index in [0.717, 1.165) is 5.56 Å². The highest BCUT2D eigenvalue weighted by molar-refractivity contribution is 6.34. The van der Waals surface area contributed by atoms with Crippen molar-refractivity contribution in [1.82, 2.24) is 0 Å². The van der Waals surface area contributed by atoms with Crippen LogP contribution in [0.25, 0.3) is 0 Å². The minimum atomic E-state index is -0.252. The number of methoxy groups -OCH3 is 1. The number of carbonyl (C=O) groups is 1. The second-order valence-electron chi connectivity index (χ2n) is 3.67. The molecule has 5 heteroatoms. The van der Waals surface area contributed by atoms with Gasteiger partial charge in [-0.3, -0.25) is 4.79 Å². The maximum atomic E-state index is 11.4. The van der Waals surface area contributed by atoms with Gasteiger partial charge in [-0.1, -0.05) is 11.6 Å². The number of hydrogen-bond acceptors (Lipinski definition) is 3. The van der Waals surface area contributed by atoms with Crippen LogP contribution in [0.15, 0.2) is 12.1 Å². The summed E-state index contributed by atoms with van der Waals surface area (Å²) in [6.07, 6.45) is 0.250. The molecule has 0 saturated carbocycles. The Kier molecular flexibility index (Phi) is 3.03. The summed E-state index contributed by atoms with van der Waals surface area (Å²) < 4.78 is 5.21. The predicted octanol–water partition coefficient (Wildman–Crippen LogP) is 1.77. The fraction of sp³-hybridized carbons (Fsp3) is 0.364. The predicted molar refractivity (Wildman–Crippen MR) is 61.1 cm³/mol.